The quantitative estimate of drug-likeness (QED) is 0.521. The third kappa shape index (κ3) is 4.48. The van der Waals surface area contributed by atoms with Crippen molar-refractivity contribution in [2.45, 2.75) is 43.6 Å². The van der Waals surface area contributed by atoms with Crippen LogP contribution in [-0.4, -0.2) is 86.1 Å². The van der Waals surface area contributed by atoms with E-state index in [1.807, 2.05) is 12.3 Å². The third-order valence-electron chi connectivity index (χ3n) is 7.98. The van der Waals surface area contributed by atoms with Crippen LogP contribution in [0.15, 0.2) is 35.5 Å². The lowest BCUT2D eigenvalue weighted by Gasteiger charge is -2.43. The van der Waals surface area contributed by atoms with Crippen LogP contribution >= 0.6 is 0 Å². The Balaban J connectivity index is 1.19. The van der Waals surface area contributed by atoms with Crippen LogP contribution in [0.4, 0.5) is 11.4 Å². The maximum atomic E-state index is 6.94. The Kier molecular flexibility index (Phi) is 5.86. The Labute approximate surface area is 207 Å². The van der Waals surface area contributed by atoms with E-state index in [2.05, 4.69) is 55.6 Å². The van der Waals surface area contributed by atoms with Crippen LogP contribution in [0.3, 0.4) is 0 Å². The number of nitrogens with zero attached hydrogens (tertiary/aromatic N) is 4. The molecule has 4 heterocycles. The van der Waals surface area contributed by atoms with Crippen molar-refractivity contribution < 1.29 is 4.74 Å². The fraction of sp³-hybridized carbons (Fsp3) is 0.577. The molecule has 5 N–H and O–H groups in total. The molecule has 0 amide bonds. The molecule has 2 saturated heterocycles. The number of ether oxygens (including phenoxy) is 1. The average molecular weight is 479 g/mol. The van der Waals surface area contributed by atoms with Crippen LogP contribution in [0.25, 0.3) is 0 Å². The number of likely N-dealkylation sites (N-methyl/N-ethyl adjacent to an activating group) is 1. The van der Waals surface area contributed by atoms with E-state index in [4.69, 9.17) is 15.5 Å². The zero-order valence-corrected chi connectivity index (χ0v) is 20.9. The van der Waals surface area contributed by atoms with E-state index in [9.17, 15) is 0 Å². The van der Waals surface area contributed by atoms with Gasteiger partial charge in [-0.05, 0) is 50.9 Å². The Hall–Kier alpha value is -2.75. The van der Waals surface area contributed by atoms with Gasteiger partial charge in [-0.25, -0.2) is 0 Å². The number of hydrogen-bond donors (Lipinski definition) is 4. The maximum absolute atomic E-state index is 6.94. The third-order valence-corrected chi connectivity index (χ3v) is 7.98. The van der Waals surface area contributed by atoms with Crippen molar-refractivity contribution in [3.8, 4) is 5.75 Å². The first-order valence-electron chi connectivity index (χ1n) is 13.0. The number of amidine groups is 1. The summed E-state index contributed by atoms with van der Waals surface area (Å²) >= 11 is 0. The fourth-order valence-electron chi connectivity index (χ4n) is 5.66. The van der Waals surface area contributed by atoms with E-state index in [1.165, 1.54) is 44.7 Å². The van der Waals surface area contributed by atoms with Crippen LogP contribution in [0.5, 0.6) is 5.75 Å². The molecular weight excluding hydrogens is 440 g/mol. The van der Waals surface area contributed by atoms with Gasteiger partial charge in [-0.3, -0.25) is 15.6 Å². The normalized spacial score (nSPS) is 27.4. The molecule has 0 radical (unpaired) electrons. The number of benzene rings is 1. The molecule has 4 aliphatic rings. The molecular formula is C26H38N8O. The second kappa shape index (κ2) is 9.04. The van der Waals surface area contributed by atoms with Gasteiger partial charge in [0.05, 0.1) is 24.4 Å². The predicted octanol–water partition coefficient (Wildman–Crippen LogP) is 1.93. The van der Waals surface area contributed by atoms with Crippen LogP contribution in [-0.2, 0) is 5.79 Å². The molecule has 1 saturated carbocycles. The van der Waals surface area contributed by atoms with E-state index in [1.54, 1.807) is 7.11 Å². The summed E-state index contributed by atoms with van der Waals surface area (Å²) in [4.78, 5) is 15.8. The first kappa shape index (κ1) is 22.7. The molecule has 35 heavy (non-hydrogen) atoms. The first-order chi connectivity index (χ1) is 17.0. The number of aliphatic imine (C=N–C) groups is 1. The number of nitrogens with two attached hydrogens (primary N) is 1. The number of piperazine rings is 1. The summed E-state index contributed by atoms with van der Waals surface area (Å²) in [6, 6.07) is 9.49. The van der Waals surface area contributed by atoms with E-state index < -0.39 is 5.79 Å². The van der Waals surface area contributed by atoms with Gasteiger partial charge < -0.3 is 30.2 Å². The molecule has 188 valence electrons. The summed E-state index contributed by atoms with van der Waals surface area (Å²) in [6.45, 7) is 6.87. The molecule has 3 aliphatic heterocycles. The molecule has 1 unspecified atom stereocenters. The second-order valence-corrected chi connectivity index (χ2v) is 10.5. The van der Waals surface area contributed by atoms with E-state index in [0.717, 1.165) is 54.5 Å². The van der Waals surface area contributed by atoms with Crippen molar-refractivity contribution in [2.75, 3.05) is 63.6 Å². The van der Waals surface area contributed by atoms with Crippen LogP contribution in [0.2, 0.25) is 0 Å². The SMILES string of the molecule is COc1cc(N2CCC(N3CCN(C)CC3)CC2)ccc1C1(N)NC(=NC2CC2)c2[nH]ccc2N1. The highest BCUT2D eigenvalue weighted by atomic mass is 16.5. The topological polar surface area (TPSA) is 97.2 Å². The highest BCUT2D eigenvalue weighted by Gasteiger charge is 2.39. The number of fused-ring (bicyclic) bond motifs is 1. The van der Waals surface area contributed by atoms with Gasteiger partial charge in [-0.15, -0.1) is 0 Å². The molecule has 9 heteroatoms. The number of hydrogen-bond acceptors (Lipinski definition) is 7. The number of methoxy groups -OCH3 is 1. The number of piperidine rings is 1. The monoisotopic (exact) mass is 478 g/mol. The Morgan fingerprint density at radius 1 is 1.00 bits per heavy atom. The van der Waals surface area contributed by atoms with Crippen molar-refractivity contribution in [1.82, 2.24) is 20.1 Å². The molecule has 6 rings (SSSR count). The van der Waals surface area contributed by atoms with E-state index in [-0.39, 0.29) is 0 Å². The van der Waals surface area contributed by atoms with Crippen LogP contribution in [0, 0.1) is 0 Å². The van der Waals surface area contributed by atoms with Crippen LogP contribution < -0.4 is 26.0 Å². The maximum Gasteiger partial charge on any atom is 0.194 e. The van der Waals surface area contributed by atoms with Crippen molar-refractivity contribution in [1.29, 1.82) is 0 Å². The summed E-state index contributed by atoms with van der Waals surface area (Å²) in [7, 11) is 3.94. The van der Waals surface area contributed by atoms with Gasteiger partial charge in [-0.1, -0.05) is 0 Å². The molecule has 0 spiro atoms. The smallest absolute Gasteiger partial charge is 0.194 e. The van der Waals surface area contributed by atoms with Crippen molar-refractivity contribution in [3.05, 3.63) is 41.7 Å². The van der Waals surface area contributed by atoms with Gasteiger partial charge in [0.25, 0.3) is 0 Å². The Bertz CT molecular complexity index is 1080. The molecule has 2 aromatic rings. The molecule has 1 aromatic heterocycles. The molecule has 0 bridgehead atoms. The lowest BCUT2D eigenvalue weighted by atomic mass is 9.99. The minimum absolute atomic E-state index is 0.383. The zero-order chi connectivity index (χ0) is 24.0. The number of aromatic nitrogens is 1. The summed E-state index contributed by atoms with van der Waals surface area (Å²) in [5.74, 6) is 0.572. The molecule has 1 atom stereocenters. The van der Waals surface area contributed by atoms with Crippen molar-refractivity contribution in [2.24, 2.45) is 10.7 Å². The van der Waals surface area contributed by atoms with E-state index in [0.29, 0.717) is 12.1 Å². The summed E-state index contributed by atoms with van der Waals surface area (Å²) in [5.41, 5.74) is 10.9. The molecule has 1 aliphatic carbocycles. The minimum atomic E-state index is -1.01. The van der Waals surface area contributed by atoms with Crippen molar-refractivity contribution >= 4 is 17.2 Å². The fourth-order valence-corrected chi connectivity index (χ4v) is 5.66. The summed E-state index contributed by atoms with van der Waals surface area (Å²) in [6.07, 6.45) is 6.59. The molecule has 9 nitrogen and oxygen atoms in total. The Morgan fingerprint density at radius 3 is 2.49 bits per heavy atom. The standard InChI is InChI=1S/C26H38N8O/c1-32-13-15-34(16-14-32)19-8-11-33(12-9-19)20-5-6-21(23(17-20)35-2)26(27)30-22-7-10-28-24(22)25(31-26)29-18-3-4-18/h5-7,10,17-19,28,30H,3-4,8-9,11-16,27H2,1-2H3,(H,29,31). The van der Waals surface area contributed by atoms with E-state index >= 15 is 0 Å². The van der Waals surface area contributed by atoms with Crippen LogP contribution in [0.1, 0.15) is 36.9 Å². The van der Waals surface area contributed by atoms with Crippen molar-refractivity contribution in [3.63, 3.8) is 0 Å². The largest absolute Gasteiger partial charge is 0.496 e. The highest BCUT2D eigenvalue weighted by molar-refractivity contribution is 6.04. The number of nitrogens with one attached hydrogen (secondary N) is 3. The second-order valence-electron chi connectivity index (χ2n) is 10.5. The Morgan fingerprint density at radius 2 is 1.77 bits per heavy atom. The first-order valence-corrected chi connectivity index (χ1v) is 13.0. The lowest BCUT2D eigenvalue weighted by molar-refractivity contribution is 0.0982. The van der Waals surface area contributed by atoms with Gasteiger partial charge in [0.15, 0.2) is 11.6 Å². The lowest BCUT2D eigenvalue weighted by Crippen LogP contribution is -2.61. The van der Waals surface area contributed by atoms with Gasteiger partial charge in [0.1, 0.15) is 11.4 Å². The zero-order valence-electron chi connectivity index (χ0n) is 20.9. The number of rotatable bonds is 5. The average Bonchev–Trinajstić information content (AvgIpc) is 3.57. The number of aromatic amines is 1. The molecule has 3 fully saturated rings. The number of H-pyrrole nitrogens is 1. The predicted molar refractivity (Wildman–Crippen MR) is 140 cm³/mol. The van der Waals surface area contributed by atoms with Gasteiger partial charge in [0.2, 0.25) is 0 Å². The molecule has 1 aromatic carbocycles. The minimum Gasteiger partial charge on any atom is -0.496 e. The van der Waals surface area contributed by atoms with Gasteiger partial charge in [0, 0.05) is 63.3 Å². The van der Waals surface area contributed by atoms with Gasteiger partial charge >= 0.3 is 0 Å². The number of anilines is 2. The summed E-state index contributed by atoms with van der Waals surface area (Å²) < 4.78 is 5.87. The highest BCUT2D eigenvalue weighted by Crippen LogP contribution is 2.36. The summed E-state index contributed by atoms with van der Waals surface area (Å²) in [5, 5.41) is 6.93. The van der Waals surface area contributed by atoms with Gasteiger partial charge in [-0.2, -0.15) is 0 Å².